The van der Waals surface area contributed by atoms with Gasteiger partial charge < -0.3 is 5.32 Å². The van der Waals surface area contributed by atoms with Gasteiger partial charge >= 0.3 is 0 Å². The number of amides is 1. The van der Waals surface area contributed by atoms with Gasteiger partial charge in [-0.05, 0) is 53.6 Å². The monoisotopic (exact) mass is 400 g/mol. The van der Waals surface area contributed by atoms with E-state index in [4.69, 9.17) is 11.6 Å². The number of nitrogens with one attached hydrogen (secondary N) is 2. The van der Waals surface area contributed by atoms with Gasteiger partial charge in [0.2, 0.25) is 10.0 Å². The van der Waals surface area contributed by atoms with Gasteiger partial charge in [0.1, 0.15) is 0 Å². The molecule has 0 heterocycles. The smallest absolute Gasteiger partial charge is 0.257 e. The largest absolute Gasteiger partial charge is 0.321 e. The van der Waals surface area contributed by atoms with Crippen molar-refractivity contribution >= 4 is 49.7 Å². The number of carbonyl (C=O) groups excluding carboxylic acids is 1. The minimum absolute atomic E-state index is 0.173. The summed E-state index contributed by atoms with van der Waals surface area (Å²) in [5.41, 5.74) is 3.92. The van der Waals surface area contributed by atoms with E-state index in [2.05, 4.69) is 22.2 Å². The Bertz CT molecular complexity index is 1180. The summed E-state index contributed by atoms with van der Waals surface area (Å²) in [6.45, 7) is 0. The number of benzene rings is 3. The van der Waals surface area contributed by atoms with Crippen LogP contribution in [0.15, 0.2) is 48.5 Å². The second kappa shape index (κ2) is 6.55. The maximum absolute atomic E-state index is 12.7. The first-order chi connectivity index (χ1) is 12.8. The number of anilines is 2. The third kappa shape index (κ3) is 3.50. The number of carbonyl (C=O) groups is 1. The number of hydrogen-bond acceptors (Lipinski definition) is 3. The van der Waals surface area contributed by atoms with E-state index in [-0.39, 0.29) is 16.5 Å². The Morgan fingerprint density at radius 2 is 1.78 bits per heavy atom. The van der Waals surface area contributed by atoms with E-state index >= 15 is 0 Å². The molecule has 0 atom stereocenters. The van der Waals surface area contributed by atoms with Crippen LogP contribution in [-0.4, -0.2) is 20.6 Å². The highest BCUT2D eigenvalue weighted by molar-refractivity contribution is 7.92. The van der Waals surface area contributed by atoms with Gasteiger partial charge in [-0.2, -0.15) is 0 Å². The fourth-order valence-corrected chi connectivity index (χ4v) is 4.34. The molecule has 0 saturated carbocycles. The lowest BCUT2D eigenvalue weighted by molar-refractivity contribution is 0.102. The first-order valence-electron chi connectivity index (χ1n) is 8.44. The molecule has 0 aromatic heterocycles. The summed E-state index contributed by atoms with van der Waals surface area (Å²) in [5, 5.41) is 5.34. The average molecular weight is 401 g/mol. The summed E-state index contributed by atoms with van der Waals surface area (Å²) in [4.78, 5) is 12.7. The number of rotatable bonds is 4. The number of halogens is 1. The van der Waals surface area contributed by atoms with Crippen LogP contribution in [0.3, 0.4) is 0 Å². The average Bonchev–Trinajstić information content (AvgIpc) is 3.01. The zero-order chi connectivity index (χ0) is 19.2. The van der Waals surface area contributed by atoms with E-state index in [9.17, 15) is 13.2 Å². The van der Waals surface area contributed by atoms with Crippen LogP contribution in [-0.2, 0) is 22.9 Å². The quantitative estimate of drug-likeness (QED) is 0.688. The SMILES string of the molecule is CS(=O)(=O)Nc1ccc(C(=O)Nc2ccc3c4c(cccc24)CC3)c(Cl)c1. The first kappa shape index (κ1) is 17.8. The highest BCUT2D eigenvalue weighted by Crippen LogP contribution is 2.35. The summed E-state index contributed by atoms with van der Waals surface area (Å²) >= 11 is 6.20. The van der Waals surface area contributed by atoms with E-state index in [0.29, 0.717) is 5.69 Å². The topological polar surface area (TPSA) is 75.3 Å². The van der Waals surface area contributed by atoms with Gasteiger partial charge in [0.05, 0.1) is 16.8 Å². The molecule has 138 valence electrons. The molecular weight excluding hydrogens is 384 g/mol. The second-order valence-electron chi connectivity index (χ2n) is 6.63. The predicted molar refractivity (Wildman–Crippen MR) is 109 cm³/mol. The van der Waals surface area contributed by atoms with Gasteiger partial charge in [0.15, 0.2) is 0 Å². The Kier molecular flexibility index (Phi) is 4.32. The maximum atomic E-state index is 12.7. The molecule has 1 aliphatic rings. The van der Waals surface area contributed by atoms with E-state index < -0.39 is 10.0 Å². The fourth-order valence-electron chi connectivity index (χ4n) is 3.52. The Labute approximate surface area is 162 Å². The minimum atomic E-state index is -3.41. The lowest BCUT2D eigenvalue weighted by Gasteiger charge is -2.12. The molecule has 3 aromatic carbocycles. The molecule has 27 heavy (non-hydrogen) atoms. The van der Waals surface area contributed by atoms with Gasteiger partial charge in [-0.1, -0.05) is 35.9 Å². The number of aryl methyl sites for hydroxylation is 2. The predicted octanol–water partition coefficient (Wildman–Crippen LogP) is 4.22. The third-order valence-corrected chi connectivity index (χ3v) is 5.56. The van der Waals surface area contributed by atoms with E-state index in [1.165, 1.54) is 34.7 Å². The molecular formula is C20H17ClN2O3S. The van der Waals surface area contributed by atoms with Crippen LogP contribution in [0.4, 0.5) is 11.4 Å². The molecule has 7 heteroatoms. The van der Waals surface area contributed by atoms with Crippen molar-refractivity contribution in [2.45, 2.75) is 12.8 Å². The Hall–Kier alpha value is -2.57. The molecule has 0 spiro atoms. The highest BCUT2D eigenvalue weighted by Gasteiger charge is 2.18. The summed E-state index contributed by atoms with van der Waals surface area (Å²) < 4.78 is 25.0. The zero-order valence-corrected chi connectivity index (χ0v) is 16.1. The molecule has 1 amide bonds. The first-order valence-corrected chi connectivity index (χ1v) is 10.7. The molecule has 0 unspecified atom stereocenters. The van der Waals surface area contributed by atoms with Gasteiger partial charge in [0.25, 0.3) is 5.91 Å². The van der Waals surface area contributed by atoms with Gasteiger partial charge in [-0.3, -0.25) is 9.52 Å². The van der Waals surface area contributed by atoms with Crippen molar-refractivity contribution in [3.63, 3.8) is 0 Å². The molecule has 0 fully saturated rings. The zero-order valence-electron chi connectivity index (χ0n) is 14.5. The molecule has 0 radical (unpaired) electrons. The number of hydrogen-bond donors (Lipinski definition) is 2. The van der Waals surface area contributed by atoms with E-state index in [1.807, 2.05) is 18.2 Å². The molecule has 4 rings (SSSR count). The molecule has 0 aliphatic heterocycles. The lowest BCUT2D eigenvalue weighted by Crippen LogP contribution is -2.14. The van der Waals surface area contributed by atoms with Crippen molar-refractivity contribution in [1.82, 2.24) is 0 Å². The molecule has 0 saturated heterocycles. The Morgan fingerprint density at radius 1 is 1.04 bits per heavy atom. The van der Waals surface area contributed by atoms with E-state index in [0.717, 1.165) is 30.2 Å². The minimum Gasteiger partial charge on any atom is -0.321 e. The van der Waals surface area contributed by atoms with Crippen molar-refractivity contribution in [3.8, 4) is 0 Å². The van der Waals surface area contributed by atoms with Crippen molar-refractivity contribution < 1.29 is 13.2 Å². The van der Waals surface area contributed by atoms with Gasteiger partial charge in [-0.25, -0.2) is 8.42 Å². The lowest BCUT2D eigenvalue weighted by atomic mass is 10.0. The Morgan fingerprint density at radius 3 is 2.48 bits per heavy atom. The molecule has 5 nitrogen and oxygen atoms in total. The maximum Gasteiger partial charge on any atom is 0.257 e. The number of sulfonamides is 1. The standard InChI is InChI=1S/C20H17ClN2O3S/c1-27(25,26)23-14-8-9-15(17(21)11-14)20(24)22-18-10-7-13-6-5-12-3-2-4-16(18)19(12)13/h2-4,7-11,23H,5-6H2,1H3,(H,22,24). The molecule has 0 bridgehead atoms. The summed E-state index contributed by atoms with van der Waals surface area (Å²) in [6.07, 6.45) is 3.09. The van der Waals surface area contributed by atoms with Crippen LogP contribution >= 0.6 is 11.6 Å². The summed E-state index contributed by atoms with van der Waals surface area (Å²) in [5.74, 6) is -0.343. The second-order valence-corrected chi connectivity index (χ2v) is 8.79. The third-order valence-electron chi connectivity index (χ3n) is 4.64. The van der Waals surface area contributed by atoms with Crippen molar-refractivity contribution in [3.05, 3.63) is 70.2 Å². The Balaban J connectivity index is 1.65. The van der Waals surface area contributed by atoms with Crippen molar-refractivity contribution in [1.29, 1.82) is 0 Å². The van der Waals surface area contributed by atoms with Crippen LogP contribution in [0.5, 0.6) is 0 Å². The fraction of sp³-hybridized carbons (Fsp3) is 0.150. The van der Waals surface area contributed by atoms with Crippen molar-refractivity contribution in [2.75, 3.05) is 16.3 Å². The van der Waals surface area contributed by atoms with Crippen LogP contribution in [0.1, 0.15) is 21.5 Å². The highest BCUT2D eigenvalue weighted by atomic mass is 35.5. The van der Waals surface area contributed by atoms with E-state index in [1.54, 1.807) is 0 Å². The van der Waals surface area contributed by atoms with Crippen LogP contribution < -0.4 is 10.0 Å². The molecule has 3 aromatic rings. The normalized spacial score (nSPS) is 13.0. The summed E-state index contributed by atoms with van der Waals surface area (Å²) in [6, 6.07) is 14.5. The molecule has 2 N–H and O–H groups in total. The van der Waals surface area contributed by atoms with Crippen molar-refractivity contribution in [2.24, 2.45) is 0 Å². The van der Waals surface area contributed by atoms with Crippen LogP contribution in [0, 0.1) is 0 Å². The van der Waals surface area contributed by atoms with Gasteiger partial charge in [0, 0.05) is 16.8 Å². The van der Waals surface area contributed by atoms with Crippen LogP contribution in [0.2, 0.25) is 5.02 Å². The molecule has 1 aliphatic carbocycles. The van der Waals surface area contributed by atoms with Gasteiger partial charge in [-0.15, -0.1) is 0 Å². The summed E-state index contributed by atoms with van der Waals surface area (Å²) in [7, 11) is -3.41. The van der Waals surface area contributed by atoms with Crippen LogP contribution in [0.25, 0.3) is 10.8 Å².